The lowest BCUT2D eigenvalue weighted by Gasteiger charge is -2.27. The second-order valence-corrected chi connectivity index (χ2v) is 8.47. The van der Waals surface area contributed by atoms with Gasteiger partial charge in [0.1, 0.15) is 18.2 Å². The molecule has 4 atom stereocenters. The van der Waals surface area contributed by atoms with Crippen molar-refractivity contribution in [3.63, 3.8) is 0 Å². The monoisotopic (exact) mass is 441 g/mol. The molecule has 0 aromatic heterocycles. The number of hydrogen-bond donors (Lipinski definition) is 1. The molecule has 0 fully saturated rings. The van der Waals surface area contributed by atoms with Crippen LogP contribution >= 0.6 is 9.03 Å². The molecule has 6 nitrogen and oxygen atoms in total. The smallest absolute Gasteiger partial charge is 0.305 e. The molecule has 0 aliphatic rings. The Bertz CT molecular complexity index is 653. The van der Waals surface area contributed by atoms with E-state index in [9.17, 15) is 9.90 Å². The van der Waals surface area contributed by atoms with Crippen molar-refractivity contribution in [1.82, 2.24) is 4.90 Å². The van der Waals surface area contributed by atoms with Gasteiger partial charge < -0.3 is 18.9 Å². The summed E-state index contributed by atoms with van der Waals surface area (Å²) in [6, 6.07) is 4.33. The van der Waals surface area contributed by atoms with E-state index >= 15 is 0 Å². The van der Waals surface area contributed by atoms with Crippen LogP contribution in [-0.4, -0.2) is 42.6 Å². The van der Waals surface area contributed by atoms with Crippen LogP contribution in [0.2, 0.25) is 0 Å². The van der Waals surface area contributed by atoms with Gasteiger partial charge in [-0.3, -0.25) is 9.69 Å². The molecule has 30 heavy (non-hydrogen) atoms. The van der Waals surface area contributed by atoms with Gasteiger partial charge in [0.15, 0.2) is 0 Å². The summed E-state index contributed by atoms with van der Waals surface area (Å²) in [7, 11) is 3.07. The van der Waals surface area contributed by atoms with Crippen molar-refractivity contribution in [3.05, 3.63) is 28.8 Å². The van der Waals surface area contributed by atoms with E-state index in [-0.39, 0.29) is 21.2 Å². The Kier molecular flexibility index (Phi) is 12.5. The third kappa shape index (κ3) is 8.50. The third-order valence-corrected chi connectivity index (χ3v) is 6.29. The molecule has 0 aliphatic carbocycles. The third-order valence-electron chi connectivity index (χ3n) is 5.57. The van der Waals surface area contributed by atoms with Crippen molar-refractivity contribution >= 4 is 15.0 Å². The molecule has 0 radical (unpaired) electrons. The first kappa shape index (κ1) is 26.8. The number of benzene rings is 1. The molecular weight excluding hydrogens is 401 g/mol. The van der Waals surface area contributed by atoms with Crippen molar-refractivity contribution in [2.75, 3.05) is 14.2 Å². The summed E-state index contributed by atoms with van der Waals surface area (Å²) >= 11 is 0. The Balaban J connectivity index is 3.10. The van der Waals surface area contributed by atoms with Crippen molar-refractivity contribution in [1.29, 1.82) is 0 Å². The van der Waals surface area contributed by atoms with Gasteiger partial charge in [0.2, 0.25) is 9.03 Å². The fourth-order valence-corrected chi connectivity index (χ4v) is 3.75. The minimum atomic E-state index is -0.588. The summed E-state index contributed by atoms with van der Waals surface area (Å²) in [5.74, 6) is 1.05. The summed E-state index contributed by atoms with van der Waals surface area (Å²) in [4.78, 5) is 13.3. The highest BCUT2D eigenvalue weighted by Gasteiger charge is 2.19. The molecule has 0 amide bonds. The quantitative estimate of drug-likeness (QED) is 0.244. The average molecular weight is 442 g/mol. The van der Waals surface area contributed by atoms with Crippen molar-refractivity contribution in [2.24, 2.45) is 0 Å². The number of carbonyl (C=O) groups excluding carboxylic acids is 1. The van der Waals surface area contributed by atoms with Gasteiger partial charge in [-0.2, -0.15) is 0 Å². The minimum absolute atomic E-state index is 0.166. The number of carbonyl (C=O) groups is 1. The fourth-order valence-electron chi connectivity index (χ4n) is 3.06. The summed E-state index contributed by atoms with van der Waals surface area (Å²) in [5.41, 5.74) is 3.47. The summed E-state index contributed by atoms with van der Waals surface area (Å²) in [6.07, 6.45) is 4.27. The van der Waals surface area contributed by atoms with E-state index in [4.69, 9.17) is 13.8 Å². The van der Waals surface area contributed by atoms with Gasteiger partial charge in [-0.05, 0) is 69.2 Å². The van der Waals surface area contributed by atoms with Crippen LogP contribution in [0, 0.1) is 0 Å². The molecule has 0 aliphatic heterocycles. The topological polar surface area (TPSA) is 68.2 Å². The van der Waals surface area contributed by atoms with Crippen molar-refractivity contribution in [2.45, 2.75) is 91.5 Å². The van der Waals surface area contributed by atoms with Gasteiger partial charge in [0, 0.05) is 6.42 Å². The molecule has 1 aromatic rings. The fraction of sp³-hybridized carbons (Fsp3) is 0.696. The highest BCUT2D eigenvalue weighted by atomic mass is 31.1. The van der Waals surface area contributed by atoms with Gasteiger partial charge in [-0.25, -0.2) is 0 Å². The molecule has 0 saturated heterocycles. The minimum Gasteiger partial charge on any atom is -0.469 e. The van der Waals surface area contributed by atoms with Crippen LogP contribution in [-0.2, 0) is 26.9 Å². The van der Waals surface area contributed by atoms with E-state index in [2.05, 4.69) is 32.9 Å². The Morgan fingerprint density at radius 3 is 2.47 bits per heavy atom. The summed E-state index contributed by atoms with van der Waals surface area (Å²) in [6.45, 7) is 10.1. The molecule has 7 heteroatoms. The highest BCUT2D eigenvalue weighted by molar-refractivity contribution is 7.26. The Morgan fingerprint density at radius 2 is 1.90 bits per heavy atom. The molecule has 1 N–H and O–H groups in total. The summed E-state index contributed by atoms with van der Waals surface area (Å²) < 4.78 is 16.8. The second kappa shape index (κ2) is 14.0. The van der Waals surface area contributed by atoms with Gasteiger partial charge in [-0.1, -0.05) is 39.3 Å². The van der Waals surface area contributed by atoms with E-state index in [0.29, 0.717) is 18.8 Å². The lowest BCUT2D eigenvalue weighted by molar-refractivity contribution is -0.140. The van der Waals surface area contributed by atoms with Crippen molar-refractivity contribution in [3.8, 4) is 5.75 Å². The number of nitrogens with zero attached hydrogens (tertiary/aromatic N) is 1. The van der Waals surface area contributed by atoms with Crippen LogP contribution in [0.15, 0.2) is 12.1 Å². The molecule has 1 aromatic carbocycles. The molecule has 0 bridgehead atoms. The molecule has 0 heterocycles. The zero-order valence-corrected chi connectivity index (χ0v) is 20.7. The van der Waals surface area contributed by atoms with Crippen LogP contribution in [0.4, 0.5) is 0 Å². The number of methoxy groups -OCH3 is 1. The van der Waals surface area contributed by atoms with Crippen LogP contribution < -0.4 is 4.52 Å². The molecule has 172 valence electrons. The van der Waals surface area contributed by atoms with E-state index in [1.165, 1.54) is 18.2 Å². The number of unbranched alkanes of at least 4 members (excludes halogenated alkanes) is 1. The number of aliphatic hydroxyl groups is 1. The van der Waals surface area contributed by atoms with E-state index in [1.807, 2.05) is 14.0 Å². The normalized spacial score (nSPS) is 14.8. The SMILES string of the molecule is CCCCc1cc(CCC(=O)OC)cc(C(C)CC)c1OPOC(C)N(C)C(C)O. The lowest BCUT2D eigenvalue weighted by atomic mass is 9.90. The van der Waals surface area contributed by atoms with E-state index < -0.39 is 6.23 Å². The van der Waals surface area contributed by atoms with Gasteiger partial charge in [0.25, 0.3) is 0 Å². The molecular formula is C23H40NO5P. The van der Waals surface area contributed by atoms with Crippen LogP contribution in [0.5, 0.6) is 5.75 Å². The number of ether oxygens (including phenoxy) is 1. The van der Waals surface area contributed by atoms with Crippen LogP contribution in [0.1, 0.15) is 82.9 Å². The number of aryl methyl sites for hydroxylation is 2. The lowest BCUT2D eigenvalue weighted by Crippen LogP contribution is -2.37. The Labute approximate surface area is 184 Å². The molecule has 1 rings (SSSR count). The Morgan fingerprint density at radius 1 is 1.20 bits per heavy atom. The standard InChI is InChI=1S/C23H40NO5P/c1-8-10-11-20-14-19(12-13-22(26)27-7)15-21(16(3)9-2)23(20)29-30-28-18(5)24(6)17(4)25/h14-18,25,30H,8-13H2,1-7H3. The van der Waals surface area contributed by atoms with Gasteiger partial charge >= 0.3 is 5.97 Å². The first-order chi connectivity index (χ1) is 14.2. The first-order valence-electron chi connectivity index (χ1n) is 10.9. The molecule has 0 spiro atoms. The van der Waals surface area contributed by atoms with Gasteiger partial charge in [0.05, 0.1) is 7.11 Å². The molecule has 4 unspecified atom stereocenters. The number of esters is 1. The Hall–Kier alpha value is -1.20. The summed E-state index contributed by atoms with van der Waals surface area (Å²) in [5, 5.41) is 9.71. The number of hydrogen-bond acceptors (Lipinski definition) is 6. The zero-order valence-electron chi connectivity index (χ0n) is 19.7. The number of rotatable bonds is 14. The first-order valence-corrected chi connectivity index (χ1v) is 11.8. The van der Waals surface area contributed by atoms with Gasteiger partial charge in [-0.15, -0.1) is 0 Å². The predicted octanol–water partition coefficient (Wildman–Crippen LogP) is 5.17. The second-order valence-electron chi connectivity index (χ2n) is 7.86. The van der Waals surface area contributed by atoms with E-state index in [1.54, 1.807) is 11.8 Å². The largest absolute Gasteiger partial charge is 0.469 e. The average Bonchev–Trinajstić information content (AvgIpc) is 2.74. The zero-order chi connectivity index (χ0) is 22.7. The number of aliphatic hydroxyl groups excluding tert-OH is 1. The maximum Gasteiger partial charge on any atom is 0.305 e. The highest BCUT2D eigenvalue weighted by Crippen LogP contribution is 2.38. The maximum absolute atomic E-state index is 11.6. The molecule has 0 saturated carbocycles. The predicted molar refractivity (Wildman–Crippen MR) is 123 cm³/mol. The van der Waals surface area contributed by atoms with Crippen molar-refractivity contribution < 1.29 is 23.7 Å². The maximum atomic E-state index is 11.6. The van der Waals surface area contributed by atoms with E-state index in [0.717, 1.165) is 37.0 Å². The van der Waals surface area contributed by atoms with Crippen LogP contribution in [0.3, 0.4) is 0 Å². The van der Waals surface area contributed by atoms with Crippen LogP contribution in [0.25, 0.3) is 0 Å².